The molecule has 0 aromatic carbocycles. The van der Waals surface area contributed by atoms with Crippen LogP contribution < -0.4 is 0 Å². The highest BCUT2D eigenvalue weighted by molar-refractivity contribution is 4.86. The minimum Gasteiger partial charge on any atom is -0.251 e. The monoisotopic (exact) mass is 424 g/mol. The van der Waals surface area contributed by atoms with Crippen LogP contribution in [-0.4, -0.2) is 13.3 Å². The van der Waals surface area contributed by atoms with E-state index in [1.807, 2.05) is 0 Å². The summed E-state index contributed by atoms with van der Waals surface area (Å²) in [7, 11) is 0. The summed E-state index contributed by atoms with van der Waals surface area (Å²) in [4.78, 5) is 0. The third-order valence-corrected chi connectivity index (χ3v) is 9.42. The lowest BCUT2D eigenvalue weighted by Gasteiger charge is -2.41. The highest BCUT2D eigenvalue weighted by Gasteiger charge is 2.34. The first-order valence-electron chi connectivity index (χ1n) is 13.9. The Morgan fingerprint density at radius 3 is 1.13 bits per heavy atom. The third kappa shape index (κ3) is 8.09. The maximum absolute atomic E-state index is 12.4. The van der Waals surface area contributed by atoms with E-state index in [-0.39, 0.29) is 13.3 Å². The molecule has 0 aromatic heterocycles. The van der Waals surface area contributed by atoms with Crippen LogP contribution in [0.5, 0.6) is 0 Å². The van der Waals surface area contributed by atoms with Crippen LogP contribution in [0.3, 0.4) is 0 Å². The summed E-state index contributed by atoms with van der Waals surface area (Å²) in [5.41, 5.74) is 0. The summed E-state index contributed by atoms with van der Waals surface area (Å²) in [6.07, 6.45) is 26.8. The molecule has 3 aliphatic carbocycles. The average molecular weight is 425 g/mol. The van der Waals surface area contributed by atoms with Crippen molar-refractivity contribution in [2.45, 2.75) is 128 Å². The van der Waals surface area contributed by atoms with E-state index in [2.05, 4.69) is 0 Å². The van der Waals surface area contributed by atoms with Gasteiger partial charge in [-0.15, -0.1) is 0 Å². The average Bonchev–Trinajstić information content (AvgIpc) is 2.81. The number of hydrogen-bond acceptors (Lipinski definition) is 0. The van der Waals surface area contributed by atoms with Crippen molar-refractivity contribution in [1.82, 2.24) is 0 Å². The summed E-state index contributed by atoms with van der Waals surface area (Å²) >= 11 is 0. The second kappa shape index (κ2) is 14.1. The van der Waals surface area contributed by atoms with Gasteiger partial charge in [0.1, 0.15) is 0 Å². The summed E-state index contributed by atoms with van der Waals surface area (Å²) in [6, 6.07) is 0. The van der Waals surface area contributed by atoms with Crippen molar-refractivity contribution in [2.75, 3.05) is 13.3 Å². The molecular weight excluding hydrogens is 374 g/mol. The lowest BCUT2D eigenvalue weighted by molar-refractivity contribution is 0.102. The maximum Gasteiger partial charge on any atom is 0.0894 e. The summed E-state index contributed by atoms with van der Waals surface area (Å²) in [5, 5.41) is 0. The summed E-state index contributed by atoms with van der Waals surface area (Å²) < 4.78 is 24.6. The van der Waals surface area contributed by atoms with Gasteiger partial charge in [0.2, 0.25) is 0 Å². The van der Waals surface area contributed by atoms with Gasteiger partial charge < -0.3 is 0 Å². The van der Waals surface area contributed by atoms with Crippen LogP contribution in [0.15, 0.2) is 0 Å². The van der Waals surface area contributed by atoms with Gasteiger partial charge in [-0.3, -0.25) is 8.78 Å². The predicted octanol–water partition coefficient (Wildman–Crippen LogP) is 9.47. The topological polar surface area (TPSA) is 0 Å². The molecular formula is C28H50F2. The van der Waals surface area contributed by atoms with Crippen LogP contribution in [0.4, 0.5) is 8.78 Å². The lowest BCUT2D eigenvalue weighted by atomic mass is 9.64. The van der Waals surface area contributed by atoms with Crippen molar-refractivity contribution < 1.29 is 8.78 Å². The molecule has 0 amide bonds. The summed E-state index contributed by atoms with van der Waals surface area (Å²) in [6.45, 7) is -0.248. The van der Waals surface area contributed by atoms with E-state index < -0.39 is 0 Å². The third-order valence-electron chi connectivity index (χ3n) is 9.42. The molecule has 3 saturated carbocycles. The standard InChI is InChI=1S/C28H50F2/c29-21-5-3-1-2-4-7-23-9-13-25(14-10-23)27-17-19-28(20-18-27)26-15-11-24(12-16-26)8-6-22-30/h23-28H,1-22H2. The number of rotatable bonds is 12. The second-order valence-corrected chi connectivity index (χ2v) is 11.3. The van der Waals surface area contributed by atoms with Gasteiger partial charge in [0.15, 0.2) is 0 Å². The van der Waals surface area contributed by atoms with Gasteiger partial charge in [-0.2, -0.15) is 0 Å². The Morgan fingerprint density at radius 2 is 0.700 bits per heavy atom. The van der Waals surface area contributed by atoms with Crippen molar-refractivity contribution >= 4 is 0 Å². The first-order chi connectivity index (χ1) is 14.8. The van der Waals surface area contributed by atoms with Crippen LogP contribution in [0.25, 0.3) is 0 Å². The highest BCUT2D eigenvalue weighted by Crippen LogP contribution is 2.46. The van der Waals surface area contributed by atoms with Crippen molar-refractivity contribution in [1.29, 1.82) is 0 Å². The molecule has 0 N–H and O–H groups in total. The molecule has 2 heteroatoms. The van der Waals surface area contributed by atoms with E-state index in [9.17, 15) is 8.78 Å². The Bertz CT molecular complexity index is 412. The smallest absolute Gasteiger partial charge is 0.0894 e. The van der Waals surface area contributed by atoms with Crippen LogP contribution in [0, 0.1) is 35.5 Å². The van der Waals surface area contributed by atoms with Crippen LogP contribution in [0.2, 0.25) is 0 Å². The predicted molar refractivity (Wildman–Crippen MR) is 125 cm³/mol. The second-order valence-electron chi connectivity index (χ2n) is 11.3. The van der Waals surface area contributed by atoms with Crippen LogP contribution in [-0.2, 0) is 0 Å². The molecule has 3 rings (SSSR count). The summed E-state index contributed by atoms with van der Waals surface area (Å²) in [5.74, 6) is 5.89. The van der Waals surface area contributed by atoms with Gasteiger partial charge in [0, 0.05) is 0 Å². The van der Waals surface area contributed by atoms with Crippen LogP contribution in [0.1, 0.15) is 128 Å². The molecule has 176 valence electrons. The molecule has 0 heterocycles. The van der Waals surface area contributed by atoms with Gasteiger partial charge in [-0.25, -0.2) is 0 Å². The zero-order chi connectivity index (χ0) is 21.0. The quantitative estimate of drug-likeness (QED) is 0.274. The largest absolute Gasteiger partial charge is 0.251 e. The first-order valence-corrected chi connectivity index (χ1v) is 13.9. The fourth-order valence-corrected chi connectivity index (χ4v) is 7.41. The van der Waals surface area contributed by atoms with E-state index in [0.29, 0.717) is 0 Å². The molecule has 0 saturated heterocycles. The van der Waals surface area contributed by atoms with E-state index in [4.69, 9.17) is 0 Å². The van der Waals surface area contributed by atoms with Gasteiger partial charge in [0.05, 0.1) is 13.3 Å². The van der Waals surface area contributed by atoms with E-state index in [1.54, 1.807) is 0 Å². The fraction of sp³-hybridized carbons (Fsp3) is 1.00. The Kier molecular flexibility index (Phi) is 11.5. The number of unbranched alkanes of at least 4 members (excludes halogenated alkanes) is 4. The highest BCUT2D eigenvalue weighted by atomic mass is 19.1. The van der Waals surface area contributed by atoms with Crippen LogP contribution >= 0.6 is 0 Å². The Labute approximate surface area is 186 Å². The zero-order valence-corrected chi connectivity index (χ0v) is 19.8. The van der Waals surface area contributed by atoms with Gasteiger partial charge in [-0.05, 0) is 106 Å². The molecule has 0 radical (unpaired) electrons. The van der Waals surface area contributed by atoms with Gasteiger partial charge in [-0.1, -0.05) is 57.8 Å². The Morgan fingerprint density at radius 1 is 0.367 bits per heavy atom. The molecule has 0 unspecified atom stereocenters. The van der Waals surface area contributed by atoms with E-state index >= 15 is 0 Å². The Balaban J connectivity index is 1.25. The van der Waals surface area contributed by atoms with Crippen molar-refractivity contribution in [3.05, 3.63) is 0 Å². The SMILES string of the molecule is FCCCCCCCC1CCC(C2CCC(C3CCC(CCCF)CC3)CC2)CC1. The van der Waals surface area contributed by atoms with E-state index in [1.165, 1.54) is 103 Å². The van der Waals surface area contributed by atoms with Gasteiger partial charge in [0.25, 0.3) is 0 Å². The van der Waals surface area contributed by atoms with Crippen molar-refractivity contribution in [2.24, 2.45) is 35.5 Å². The maximum atomic E-state index is 12.4. The molecule has 0 aliphatic heterocycles. The number of alkyl halides is 2. The minimum absolute atomic E-state index is 0.118. The van der Waals surface area contributed by atoms with Crippen molar-refractivity contribution in [3.8, 4) is 0 Å². The van der Waals surface area contributed by atoms with Gasteiger partial charge >= 0.3 is 0 Å². The first kappa shape index (κ1) is 24.5. The number of halogens is 2. The normalized spacial score (nSPS) is 35.4. The Hall–Kier alpha value is -0.140. The van der Waals surface area contributed by atoms with Crippen molar-refractivity contribution in [3.63, 3.8) is 0 Å². The molecule has 0 atom stereocenters. The molecule has 3 fully saturated rings. The number of hydrogen-bond donors (Lipinski definition) is 0. The lowest BCUT2D eigenvalue weighted by Crippen LogP contribution is -2.29. The minimum atomic E-state index is -0.130. The molecule has 30 heavy (non-hydrogen) atoms. The molecule has 0 bridgehead atoms. The zero-order valence-electron chi connectivity index (χ0n) is 19.8. The van der Waals surface area contributed by atoms with E-state index in [0.717, 1.165) is 61.2 Å². The molecule has 3 aliphatic rings. The molecule has 0 aromatic rings. The fourth-order valence-electron chi connectivity index (χ4n) is 7.41. The molecule has 0 nitrogen and oxygen atoms in total. The molecule has 0 spiro atoms.